The van der Waals surface area contributed by atoms with Crippen LogP contribution in [0.1, 0.15) is 70.1 Å². The maximum Gasteiger partial charge on any atom is 0.0974 e. The number of aliphatic hydroxyl groups excluding tert-OH is 1. The zero-order valence-electron chi connectivity index (χ0n) is 11.8. The van der Waals surface area contributed by atoms with E-state index in [-0.39, 0.29) is 0 Å². The Hall–Kier alpha value is -0.540. The summed E-state index contributed by atoms with van der Waals surface area (Å²) < 4.78 is 1.86. The van der Waals surface area contributed by atoms with Crippen LogP contribution in [0.4, 0.5) is 0 Å². The standard InChI is InChI=1S/C15H25ClN2O/c1-2-9-18-15(13(16)11-17-18)14(19)10-12-7-5-3-4-6-8-12/h11-12,14,19H,2-10H2,1H3. The van der Waals surface area contributed by atoms with Gasteiger partial charge in [-0.05, 0) is 18.8 Å². The summed E-state index contributed by atoms with van der Waals surface area (Å²) in [6.07, 6.45) is 10.8. The quantitative estimate of drug-likeness (QED) is 0.817. The topological polar surface area (TPSA) is 38.0 Å². The van der Waals surface area contributed by atoms with Crippen LogP contribution in [0, 0.1) is 5.92 Å². The summed E-state index contributed by atoms with van der Waals surface area (Å²) >= 11 is 6.18. The van der Waals surface area contributed by atoms with E-state index >= 15 is 0 Å². The van der Waals surface area contributed by atoms with E-state index in [1.165, 1.54) is 38.5 Å². The average Bonchev–Trinajstić information content (AvgIpc) is 2.61. The lowest BCUT2D eigenvalue weighted by atomic mass is 9.92. The highest BCUT2D eigenvalue weighted by Crippen LogP contribution is 2.33. The van der Waals surface area contributed by atoms with Crippen molar-refractivity contribution in [3.63, 3.8) is 0 Å². The number of nitrogens with zero attached hydrogens (tertiary/aromatic N) is 2. The molecular weight excluding hydrogens is 260 g/mol. The van der Waals surface area contributed by atoms with Gasteiger partial charge in [-0.25, -0.2) is 0 Å². The summed E-state index contributed by atoms with van der Waals surface area (Å²) in [5.41, 5.74) is 0.813. The van der Waals surface area contributed by atoms with E-state index in [9.17, 15) is 5.11 Å². The summed E-state index contributed by atoms with van der Waals surface area (Å²) in [5, 5.41) is 15.4. The average molecular weight is 285 g/mol. The molecule has 0 amide bonds. The van der Waals surface area contributed by atoms with Crippen molar-refractivity contribution in [1.82, 2.24) is 9.78 Å². The van der Waals surface area contributed by atoms with Gasteiger partial charge in [-0.1, -0.05) is 57.0 Å². The fourth-order valence-electron chi connectivity index (χ4n) is 3.12. The number of hydrogen-bond donors (Lipinski definition) is 1. The Balaban J connectivity index is 2.01. The molecule has 1 fully saturated rings. The van der Waals surface area contributed by atoms with Crippen LogP contribution < -0.4 is 0 Å². The van der Waals surface area contributed by atoms with Gasteiger partial charge in [-0.2, -0.15) is 5.10 Å². The van der Waals surface area contributed by atoms with E-state index in [0.717, 1.165) is 25.1 Å². The van der Waals surface area contributed by atoms with E-state index < -0.39 is 6.10 Å². The van der Waals surface area contributed by atoms with Crippen molar-refractivity contribution < 1.29 is 5.11 Å². The number of rotatable bonds is 5. The molecule has 0 aromatic carbocycles. The fraction of sp³-hybridized carbons (Fsp3) is 0.800. The first-order valence-electron chi connectivity index (χ1n) is 7.61. The second-order valence-corrected chi connectivity index (χ2v) is 6.12. The van der Waals surface area contributed by atoms with Gasteiger partial charge in [0, 0.05) is 6.54 Å². The molecule has 0 aliphatic heterocycles. The smallest absolute Gasteiger partial charge is 0.0974 e. The molecule has 108 valence electrons. The molecule has 1 unspecified atom stereocenters. The largest absolute Gasteiger partial charge is 0.387 e. The predicted molar refractivity (Wildman–Crippen MR) is 78.3 cm³/mol. The number of halogens is 1. The Kier molecular flexibility index (Phi) is 5.71. The summed E-state index contributed by atoms with van der Waals surface area (Å²) in [7, 11) is 0. The van der Waals surface area contributed by atoms with Gasteiger partial charge in [0.05, 0.1) is 23.0 Å². The van der Waals surface area contributed by atoms with Gasteiger partial charge in [0.25, 0.3) is 0 Å². The van der Waals surface area contributed by atoms with Gasteiger partial charge in [-0.15, -0.1) is 0 Å². The second kappa shape index (κ2) is 7.30. The Labute approximate surface area is 121 Å². The first-order valence-corrected chi connectivity index (χ1v) is 7.99. The van der Waals surface area contributed by atoms with E-state index in [2.05, 4.69) is 12.0 Å². The van der Waals surface area contributed by atoms with E-state index in [1.54, 1.807) is 6.20 Å². The Morgan fingerprint density at radius 2 is 2.05 bits per heavy atom. The normalized spacial score (nSPS) is 19.3. The van der Waals surface area contributed by atoms with E-state index in [4.69, 9.17) is 11.6 Å². The maximum absolute atomic E-state index is 10.5. The minimum Gasteiger partial charge on any atom is -0.387 e. The Bertz CT molecular complexity index is 383. The molecule has 4 heteroatoms. The molecule has 1 N–H and O–H groups in total. The molecular formula is C15H25ClN2O. The fourth-order valence-corrected chi connectivity index (χ4v) is 3.39. The SMILES string of the molecule is CCCn1ncc(Cl)c1C(O)CC1CCCCCC1. The molecule has 0 spiro atoms. The molecule has 0 radical (unpaired) electrons. The minimum absolute atomic E-state index is 0.468. The van der Waals surface area contributed by atoms with Crippen molar-refractivity contribution in [3.8, 4) is 0 Å². The molecule has 1 heterocycles. The summed E-state index contributed by atoms with van der Waals surface area (Å²) in [6, 6.07) is 0. The maximum atomic E-state index is 10.5. The lowest BCUT2D eigenvalue weighted by Gasteiger charge is -2.19. The van der Waals surface area contributed by atoms with Crippen molar-refractivity contribution in [2.75, 3.05) is 0 Å². The molecule has 1 aromatic heterocycles. The van der Waals surface area contributed by atoms with Crippen LogP contribution in [0.2, 0.25) is 5.02 Å². The van der Waals surface area contributed by atoms with E-state index in [1.807, 2.05) is 4.68 Å². The summed E-state index contributed by atoms with van der Waals surface area (Å²) in [6.45, 7) is 2.93. The molecule has 19 heavy (non-hydrogen) atoms. The van der Waals surface area contributed by atoms with Gasteiger partial charge in [0.1, 0.15) is 0 Å². The van der Waals surface area contributed by atoms with Crippen LogP contribution in [0.25, 0.3) is 0 Å². The molecule has 0 saturated heterocycles. The highest BCUT2D eigenvalue weighted by molar-refractivity contribution is 6.31. The lowest BCUT2D eigenvalue weighted by Crippen LogP contribution is -2.13. The van der Waals surface area contributed by atoms with Crippen LogP contribution >= 0.6 is 11.6 Å². The third-order valence-corrected chi connectivity index (χ3v) is 4.41. The van der Waals surface area contributed by atoms with Crippen molar-refractivity contribution in [2.45, 2.75) is 70.9 Å². The monoisotopic (exact) mass is 284 g/mol. The first kappa shape index (κ1) is 14.9. The third kappa shape index (κ3) is 3.96. The Morgan fingerprint density at radius 1 is 1.37 bits per heavy atom. The molecule has 1 aliphatic rings. The second-order valence-electron chi connectivity index (χ2n) is 5.71. The highest BCUT2D eigenvalue weighted by Gasteiger charge is 2.22. The molecule has 1 aromatic rings. The van der Waals surface area contributed by atoms with Crippen molar-refractivity contribution >= 4 is 11.6 Å². The summed E-state index contributed by atoms with van der Waals surface area (Å²) in [4.78, 5) is 0. The molecule has 1 aliphatic carbocycles. The zero-order chi connectivity index (χ0) is 13.7. The lowest BCUT2D eigenvalue weighted by molar-refractivity contribution is 0.129. The van der Waals surface area contributed by atoms with Gasteiger partial charge in [0.15, 0.2) is 0 Å². The van der Waals surface area contributed by atoms with Gasteiger partial charge >= 0.3 is 0 Å². The number of aryl methyl sites for hydroxylation is 1. The van der Waals surface area contributed by atoms with Crippen LogP contribution in [0.3, 0.4) is 0 Å². The summed E-state index contributed by atoms with van der Waals surface area (Å²) in [5.74, 6) is 0.638. The van der Waals surface area contributed by atoms with Gasteiger partial charge in [0.2, 0.25) is 0 Å². The molecule has 3 nitrogen and oxygen atoms in total. The highest BCUT2D eigenvalue weighted by atomic mass is 35.5. The van der Waals surface area contributed by atoms with E-state index in [0.29, 0.717) is 10.9 Å². The van der Waals surface area contributed by atoms with Crippen LogP contribution in [-0.2, 0) is 6.54 Å². The molecule has 2 rings (SSSR count). The minimum atomic E-state index is -0.468. The van der Waals surface area contributed by atoms with Crippen LogP contribution in [0.5, 0.6) is 0 Å². The van der Waals surface area contributed by atoms with Crippen LogP contribution in [0.15, 0.2) is 6.20 Å². The zero-order valence-corrected chi connectivity index (χ0v) is 12.6. The number of aliphatic hydroxyl groups is 1. The predicted octanol–water partition coefficient (Wildman–Crippen LogP) is 4.34. The first-order chi connectivity index (χ1) is 9.22. The molecule has 0 bridgehead atoms. The number of aromatic nitrogens is 2. The molecule has 1 atom stereocenters. The third-order valence-electron chi connectivity index (χ3n) is 4.12. The molecule has 1 saturated carbocycles. The van der Waals surface area contributed by atoms with Crippen LogP contribution in [-0.4, -0.2) is 14.9 Å². The Morgan fingerprint density at radius 3 is 2.68 bits per heavy atom. The van der Waals surface area contributed by atoms with Crippen molar-refractivity contribution in [2.24, 2.45) is 5.92 Å². The van der Waals surface area contributed by atoms with Gasteiger partial charge in [-0.3, -0.25) is 4.68 Å². The number of hydrogen-bond acceptors (Lipinski definition) is 2. The van der Waals surface area contributed by atoms with Crippen molar-refractivity contribution in [3.05, 3.63) is 16.9 Å². The van der Waals surface area contributed by atoms with Gasteiger partial charge < -0.3 is 5.11 Å². The van der Waals surface area contributed by atoms with Crippen molar-refractivity contribution in [1.29, 1.82) is 0 Å².